The fraction of sp³-hybridized carbons (Fsp3) is 0.273. The third-order valence-electron chi connectivity index (χ3n) is 2.29. The van der Waals surface area contributed by atoms with E-state index >= 15 is 0 Å². The van der Waals surface area contributed by atoms with E-state index in [4.69, 9.17) is 0 Å². The van der Waals surface area contributed by atoms with Crippen molar-refractivity contribution >= 4 is 11.4 Å². The molecule has 0 aliphatic rings. The van der Waals surface area contributed by atoms with Gasteiger partial charge in [-0.15, -0.1) is 0 Å². The predicted octanol–water partition coefficient (Wildman–Crippen LogP) is 1.64. The lowest BCUT2D eigenvalue weighted by molar-refractivity contribution is 0.0884. The summed E-state index contributed by atoms with van der Waals surface area (Å²) in [6, 6.07) is 5.22. The molecule has 0 aliphatic heterocycles. The first-order valence-corrected chi connectivity index (χ1v) is 5.08. The third kappa shape index (κ3) is 2.41. The van der Waals surface area contributed by atoms with Gasteiger partial charge >= 0.3 is 0 Å². The average Bonchev–Trinajstić information content (AvgIpc) is 2.72. The highest BCUT2D eigenvalue weighted by molar-refractivity contribution is 5.93. The highest BCUT2D eigenvalue weighted by atomic mass is 19.3. The number of pyridine rings is 1. The molecule has 17 heavy (non-hydrogen) atoms. The van der Waals surface area contributed by atoms with E-state index in [1.54, 1.807) is 18.3 Å². The summed E-state index contributed by atoms with van der Waals surface area (Å²) in [5.74, 6) is -0.553. The van der Waals surface area contributed by atoms with Crippen LogP contribution in [0.2, 0.25) is 0 Å². The van der Waals surface area contributed by atoms with E-state index in [1.165, 1.54) is 4.52 Å². The molecule has 0 radical (unpaired) electrons. The van der Waals surface area contributed by atoms with Crippen LogP contribution in [0.5, 0.6) is 0 Å². The maximum atomic E-state index is 12.0. The highest BCUT2D eigenvalue weighted by Gasteiger charge is 2.13. The van der Waals surface area contributed by atoms with Crippen molar-refractivity contribution in [3.63, 3.8) is 0 Å². The van der Waals surface area contributed by atoms with Crippen LogP contribution >= 0.6 is 0 Å². The maximum absolute atomic E-state index is 12.0. The second-order valence-electron chi connectivity index (χ2n) is 3.69. The molecule has 0 bridgehead atoms. The van der Waals surface area contributed by atoms with Crippen LogP contribution in [0.25, 0.3) is 5.52 Å². The van der Waals surface area contributed by atoms with Crippen molar-refractivity contribution in [2.45, 2.75) is 13.3 Å². The number of aromatic nitrogens is 2. The zero-order valence-electron chi connectivity index (χ0n) is 9.15. The van der Waals surface area contributed by atoms with Crippen molar-refractivity contribution in [2.24, 2.45) is 0 Å². The molecule has 0 spiro atoms. The molecule has 0 aliphatic carbocycles. The van der Waals surface area contributed by atoms with E-state index in [0.717, 1.165) is 11.1 Å². The molecule has 1 amide bonds. The van der Waals surface area contributed by atoms with Crippen LogP contribution in [-0.4, -0.2) is 28.5 Å². The second kappa shape index (κ2) is 4.48. The van der Waals surface area contributed by atoms with Gasteiger partial charge in [-0.25, -0.2) is 13.3 Å². The summed E-state index contributed by atoms with van der Waals surface area (Å²) in [4.78, 5) is 11.7. The fourth-order valence-electron chi connectivity index (χ4n) is 1.60. The lowest BCUT2D eigenvalue weighted by Crippen LogP contribution is -2.30. The molecule has 2 aromatic rings. The summed E-state index contributed by atoms with van der Waals surface area (Å²) in [7, 11) is 0. The molecule has 2 aromatic heterocycles. The Bertz CT molecular complexity index is 551. The Hall–Kier alpha value is -1.98. The van der Waals surface area contributed by atoms with Gasteiger partial charge in [0.15, 0.2) is 0 Å². The van der Waals surface area contributed by atoms with E-state index in [1.807, 2.05) is 13.0 Å². The van der Waals surface area contributed by atoms with E-state index in [2.05, 4.69) is 10.4 Å². The zero-order chi connectivity index (χ0) is 12.4. The molecule has 0 unspecified atom stereocenters. The summed E-state index contributed by atoms with van der Waals surface area (Å²) in [5.41, 5.74) is 1.89. The largest absolute Gasteiger partial charge is 0.345 e. The number of alkyl halides is 2. The highest BCUT2D eigenvalue weighted by Crippen LogP contribution is 2.10. The Morgan fingerprint density at radius 2 is 2.29 bits per heavy atom. The number of nitrogens with one attached hydrogen (secondary N) is 1. The fourth-order valence-corrected chi connectivity index (χ4v) is 1.60. The number of hydrogen-bond acceptors (Lipinski definition) is 2. The van der Waals surface area contributed by atoms with Crippen molar-refractivity contribution < 1.29 is 13.6 Å². The van der Waals surface area contributed by atoms with Gasteiger partial charge < -0.3 is 5.32 Å². The molecule has 0 saturated carbocycles. The summed E-state index contributed by atoms with van der Waals surface area (Å²) in [6.45, 7) is 1.17. The molecule has 2 heterocycles. The van der Waals surface area contributed by atoms with E-state index in [0.29, 0.717) is 0 Å². The molecule has 0 fully saturated rings. The number of fused-ring (bicyclic) bond motifs is 1. The first-order chi connectivity index (χ1) is 8.08. The molecular weight excluding hydrogens is 228 g/mol. The second-order valence-corrected chi connectivity index (χ2v) is 3.69. The van der Waals surface area contributed by atoms with Crippen molar-refractivity contribution in [3.05, 3.63) is 35.7 Å². The van der Waals surface area contributed by atoms with Crippen molar-refractivity contribution in [1.29, 1.82) is 0 Å². The average molecular weight is 239 g/mol. The van der Waals surface area contributed by atoms with Crippen LogP contribution in [0, 0.1) is 6.92 Å². The van der Waals surface area contributed by atoms with Crippen LogP contribution in [0.3, 0.4) is 0 Å². The Morgan fingerprint density at radius 1 is 1.53 bits per heavy atom. The zero-order valence-corrected chi connectivity index (χ0v) is 9.15. The first kappa shape index (κ1) is 11.5. The summed E-state index contributed by atoms with van der Waals surface area (Å²) >= 11 is 0. The normalized spacial score (nSPS) is 11.1. The molecular formula is C11H11F2N3O. The van der Waals surface area contributed by atoms with Crippen LogP contribution < -0.4 is 5.32 Å². The van der Waals surface area contributed by atoms with E-state index in [9.17, 15) is 13.6 Å². The predicted molar refractivity (Wildman–Crippen MR) is 58.3 cm³/mol. The van der Waals surface area contributed by atoms with Gasteiger partial charge in [-0.05, 0) is 30.7 Å². The number of aryl methyl sites for hydroxylation is 1. The van der Waals surface area contributed by atoms with Crippen LogP contribution in [-0.2, 0) is 0 Å². The quantitative estimate of drug-likeness (QED) is 0.885. The number of carbonyl (C=O) groups excluding carboxylic acids is 1. The molecule has 2 rings (SSSR count). The minimum absolute atomic E-state index is 0.255. The maximum Gasteiger partial charge on any atom is 0.270 e. The summed E-state index contributed by atoms with van der Waals surface area (Å²) in [6.07, 6.45) is -1.00. The summed E-state index contributed by atoms with van der Waals surface area (Å²) < 4.78 is 25.4. The van der Waals surface area contributed by atoms with Gasteiger partial charge in [0.2, 0.25) is 0 Å². The van der Waals surface area contributed by atoms with Crippen molar-refractivity contribution in [3.8, 4) is 0 Å². The summed E-state index contributed by atoms with van der Waals surface area (Å²) in [5, 5.41) is 6.13. The molecule has 1 N–H and O–H groups in total. The lowest BCUT2D eigenvalue weighted by Gasteiger charge is -2.07. The first-order valence-electron chi connectivity index (χ1n) is 5.08. The number of rotatable bonds is 3. The Labute approximate surface area is 96.2 Å². The van der Waals surface area contributed by atoms with Gasteiger partial charge in [-0.1, -0.05) is 0 Å². The minimum atomic E-state index is -2.56. The van der Waals surface area contributed by atoms with E-state index < -0.39 is 18.9 Å². The van der Waals surface area contributed by atoms with Gasteiger partial charge in [0.1, 0.15) is 5.69 Å². The number of nitrogens with zero attached hydrogens (tertiary/aromatic N) is 2. The monoisotopic (exact) mass is 239 g/mol. The van der Waals surface area contributed by atoms with Crippen molar-refractivity contribution in [2.75, 3.05) is 6.54 Å². The van der Waals surface area contributed by atoms with Crippen LogP contribution in [0.4, 0.5) is 8.78 Å². The smallest absolute Gasteiger partial charge is 0.270 e. The van der Waals surface area contributed by atoms with Gasteiger partial charge in [-0.3, -0.25) is 4.79 Å². The Balaban J connectivity index is 2.33. The van der Waals surface area contributed by atoms with Gasteiger partial charge in [0, 0.05) is 0 Å². The number of halogens is 2. The standard InChI is InChI=1S/C11H11F2N3O/c1-7-4-8-2-3-15-16(8)9(5-7)11(17)14-6-10(12)13/h2-5,10H,6H2,1H3,(H,14,17). The SMILES string of the molecule is Cc1cc(C(=O)NCC(F)F)n2nccc2c1. The third-order valence-corrected chi connectivity index (χ3v) is 2.29. The molecule has 0 atom stereocenters. The molecule has 90 valence electrons. The van der Waals surface area contributed by atoms with Gasteiger partial charge in [0.05, 0.1) is 18.3 Å². The van der Waals surface area contributed by atoms with Gasteiger partial charge in [0.25, 0.3) is 12.3 Å². The minimum Gasteiger partial charge on any atom is -0.345 e. The molecule has 0 aromatic carbocycles. The Kier molecular flexibility index (Phi) is 3.03. The van der Waals surface area contributed by atoms with Gasteiger partial charge in [-0.2, -0.15) is 5.10 Å². The van der Waals surface area contributed by atoms with E-state index in [-0.39, 0.29) is 5.69 Å². The van der Waals surface area contributed by atoms with Crippen LogP contribution in [0.15, 0.2) is 24.4 Å². The number of hydrogen-bond donors (Lipinski definition) is 1. The Morgan fingerprint density at radius 3 is 3.00 bits per heavy atom. The molecule has 0 saturated heterocycles. The topological polar surface area (TPSA) is 46.4 Å². The molecule has 6 heteroatoms. The number of amides is 1. The van der Waals surface area contributed by atoms with Crippen LogP contribution in [0.1, 0.15) is 16.1 Å². The lowest BCUT2D eigenvalue weighted by atomic mass is 10.2. The number of carbonyl (C=O) groups is 1. The van der Waals surface area contributed by atoms with Crippen molar-refractivity contribution in [1.82, 2.24) is 14.9 Å². The molecule has 4 nitrogen and oxygen atoms in total.